The molecule has 0 aliphatic rings. The Morgan fingerprint density at radius 3 is 3.00 bits per heavy atom. The number of amides is 1. The van der Waals surface area contributed by atoms with Crippen molar-refractivity contribution in [1.29, 1.82) is 0 Å². The number of anilines is 1. The molecule has 108 valence electrons. The van der Waals surface area contributed by atoms with E-state index in [-0.39, 0.29) is 5.91 Å². The molecule has 0 unspecified atom stereocenters. The van der Waals surface area contributed by atoms with Crippen molar-refractivity contribution in [3.63, 3.8) is 0 Å². The number of aryl methyl sites for hydroxylation is 2. The zero-order chi connectivity index (χ0) is 15.0. The summed E-state index contributed by atoms with van der Waals surface area (Å²) in [7, 11) is 0. The van der Waals surface area contributed by atoms with Crippen molar-refractivity contribution in [2.24, 2.45) is 0 Å². The van der Waals surface area contributed by atoms with Crippen molar-refractivity contribution in [2.75, 3.05) is 5.73 Å². The first-order valence-electron chi connectivity index (χ1n) is 6.40. The number of hydrogen-bond donors (Lipinski definition) is 2. The van der Waals surface area contributed by atoms with E-state index in [1.807, 2.05) is 19.9 Å². The minimum Gasteiger partial charge on any atom is -0.397 e. The second kappa shape index (κ2) is 5.17. The number of rotatable bonds is 3. The number of pyridine rings is 1. The number of nitrogens with one attached hydrogen (secondary N) is 1. The molecule has 3 N–H and O–H groups in total. The predicted octanol–water partition coefficient (Wildman–Crippen LogP) is 2.41. The van der Waals surface area contributed by atoms with Gasteiger partial charge in [-0.3, -0.25) is 4.79 Å². The zero-order valence-corrected chi connectivity index (χ0v) is 12.5. The minimum atomic E-state index is -0.226. The first-order chi connectivity index (χ1) is 10.1. The van der Waals surface area contributed by atoms with Gasteiger partial charge in [-0.15, -0.1) is 11.3 Å². The molecule has 0 spiro atoms. The van der Waals surface area contributed by atoms with Gasteiger partial charge in [0.05, 0.1) is 12.2 Å². The molecule has 3 aromatic heterocycles. The van der Waals surface area contributed by atoms with Crippen LogP contribution in [-0.4, -0.2) is 16.0 Å². The lowest BCUT2D eigenvalue weighted by Gasteiger charge is -2.02. The SMILES string of the molecule is Cc1cc(C)c2c(N)c(C(=O)NCc3ccon3)sc2n1. The number of hydrogen-bond acceptors (Lipinski definition) is 6. The Bertz CT molecular complexity index is 808. The Morgan fingerprint density at radius 2 is 2.29 bits per heavy atom. The van der Waals surface area contributed by atoms with Crippen LogP contribution in [0.25, 0.3) is 10.2 Å². The van der Waals surface area contributed by atoms with Crippen LogP contribution >= 0.6 is 11.3 Å². The van der Waals surface area contributed by atoms with Crippen molar-refractivity contribution >= 4 is 33.1 Å². The lowest BCUT2D eigenvalue weighted by atomic mass is 10.1. The summed E-state index contributed by atoms with van der Waals surface area (Å²) >= 11 is 1.31. The van der Waals surface area contributed by atoms with Gasteiger partial charge in [-0.25, -0.2) is 4.98 Å². The molecule has 1 amide bonds. The van der Waals surface area contributed by atoms with Gasteiger partial charge in [-0.1, -0.05) is 5.16 Å². The van der Waals surface area contributed by atoms with E-state index in [4.69, 9.17) is 10.3 Å². The van der Waals surface area contributed by atoms with Crippen LogP contribution in [0.3, 0.4) is 0 Å². The molecule has 6 nitrogen and oxygen atoms in total. The van der Waals surface area contributed by atoms with Crippen LogP contribution in [-0.2, 0) is 6.54 Å². The summed E-state index contributed by atoms with van der Waals surface area (Å²) < 4.78 is 4.72. The summed E-state index contributed by atoms with van der Waals surface area (Å²) in [6.07, 6.45) is 1.46. The number of nitrogens with two attached hydrogens (primary N) is 1. The van der Waals surface area contributed by atoms with E-state index in [1.54, 1.807) is 6.07 Å². The molecule has 3 rings (SSSR count). The van der Waals surface area contributed by atoms with E-state index in [9.17, 15) is 4.79 Å². The first-order valence-corrected chi connectivity index (χ1v) is 7.21. The number of aromatic nitrogens is 2. The molecule has 0 aromatic carbocycles. The summed E-state index contributed by atoms with van der Waals surface area (Å²) in [4.78, 5) is 18.0. The maximum atomic E-state index is 12.3. The second-order valence-electron chi connectivity index (χ2n) is 4.78. The molecule has 0 saturated carbocycles. The molecule has 3 aromatic rings. The van der Waals surface area contributed by atoms with E-state index in [0.717, 1.165) is 21.5 Å². The van der Waals surface area contributed by atoms with Crippen LogP contribution in [0.5, 0.6) is 0 Å². The van der Waals surface area contributed by atoms with Gasteiger partial charge in [0.1, 0.15) is 21.7 Å². The number of carbonyl (C=O) groups excluding carboxylic acids is 1. The minimum absolute atomic E-state index is 0.226. The second-order valence-corrected chi connectivity index (χ2v) is 5.78. The average Bonchev–Trinajstić information content (AvgIpc) is 3.04. The monoisotopic (exact) mass is 302 g/mol. The highest BCUT2D eigenvalue weighted by Gasteiger charge is 2.18. The highest BCUT2D eigenvalue weighted by Crippen LogP contribution is 2.34. The number of nitrogens with zero attached hydrogens (tertiary/aromatic N) is 2. The van der Waals surface area contributed by atoms with E-state index in [2.05, 4.69) is 15.5 Å². The Balaban J connectivity index is 1.91. The molecule has 3 heterocycles. The Hall–Kier alpha value is -2.41. The molecule has 0 aliphatic heterocycles. The van der Waals surface area contributed by atoms with Crippen LogP contribution in [0.2, 0.25) is 0 Å². The standard InChI is InChI=1S/C14H14N4O2S/c1-7-5-8(2)17-14-10(7)11(15)12(21-14)13(19)16-6-9-3-4-20-18-9/h3-5H,6,15H2,1-2H3,(H,16,19). The Kier molecular flexibility index (Phi) is 3.34. The lowest BCUT2D eigenvalue weighted by molar-refractivity contribution is 0.0955. The molecule has 0 atom stereocenters. The van der Waals surface area contributed by atoms with Gasteiger partial charge in [0.2, 0.25) is 0 Å². The van der Waals surface area contributed by atoms with E-state index >= 15 is 0 Å². The van der Waals surface area contributed by atoms with E-state index in [1.165, 1.54) is 17.6 Å². The Labute approximate surface area is 125 Å². The largest absolute Gasteiger partial charge is 0.397 e. The third-order valence-corrected chi connectivity index (χ3v) is 4.25. The normalized spacial score (nSPS) is 11.0. The quantitative estimate of drug-likeness (QED) is 0.775. The maximum Gasteiger partial charge on any atom is 0.263 e. The molecule has 0 saturated heterocycles. The fourth-order valence-corrected chi connectivity index (χ4v) is 3.35. The van der Waals surface area contributed by atoms with Crippen molar-refractivity contribution in [3.8, 4) is 0 Å². The highest BCUT2D eigenvalue weighted by atomic mass is 32.1. The highest BCUT2D eigenvalue weighted by molar-refractivity contribution is 7.21. The third-order valence-electron chi connectivity index (χ3n) is 3.15. The van der Waals surface area contributed by atoms with Gasteiger partial charge in [-0.2, -0.15) is 0 Å². The number of carbonyl (C=O) groups is 1. The van der Waals surface area contributed by atoms with E-state index < -0.39 is 0 Å². The van der Waals surface area contributed by atoms with Gasteiger partial charge >= 0.3 is 0 Å². The van der Waals surface area contributed by atoms with Crippen molar-refractivity contribution in [3.05, 3.63) is 40.2 Å². The van der Waals surface area contributed by atoms with Crippen LogP contribution in [0, 0.1) is 13.8 Å². The first kappa shape index (κ1) is 13.6. The Morgan fingerprint density at radius 1 is 1.48 bits per heavy atom. The van der Waals surface area contributed by atoms with Gasteiger partial charge in [0.25, 0.3) is 5.91 Å². The molecule has 0 aliphatic carbocycles. The van der Waals surface area contributed by atoms with E-state index in [0.29, 0.717) is 22.8 Å². The molecule has 7 heteroatoms. The van der Waals surface area contributed by atoms with Crippen LogP contribution in [0.1, 0.15) is 26.6 Å². The molecule has 21 heavy (non-hydrogen) atoms. The lowest BCUT2D eigenvalue weighted by Crippen LogP contribution is -2.22. The van der Waals surface area contributed by atoms with Crippen LogP contribution in [0.4, 0.5) is 5.69 Å². The molecule has 0 bridgehead atoms. The number of fused-ring (bicyclic) bond motifs is 1. The van der Waals surface area contributed by atoms with Gasteiger partial charge in [0.15, 0.2) is 0 Å². The van der Waals surface area contributed by atoms with Crippen molar-refractivity contribution < 1.29 is 9.32 Å². The maximum absolute atomic E-state index is 12.3. The topological polar surface area (TPSA) is 94.0 Å². The van der Waals surface area contributed by atoms with Crippen molar-refractivity contribution in [2.45, 2.75) is 20.4 Å². The predicted molar refractivity (Wildman–Crippen MR) is 81.2 cm³/mol. The molecular formula is C14H14N4O2S. The summed E-state index contributed by atoms with van der Waals surface area (Å²) in [6.45, 7) is 4.19. The zero-order valence-electron chi connectivity index (χ0n) is 11.6. The summed E-state index contributed by atoms with van der Waals surface area (Å²) in [5.74, 6) is -0.226. The number of nitrogen functional groups attached to an aromatic ring is 1. The molecular weight excluding hydrogens is 288 g/mol. The van der Waals surface area contributed by atoms with Crippen LogP contribution < -0.4 is 11.1 Å². The van der Waals surface area contributed by atoms with Gasteiger partial charge in [0, 0.05) is 17.1 Å². The fraction of sp³-hybridized carbons (Fsp3) is 0.214. The number of thiophene rings is 1. The van der Waals surface area contributed by atoms with Crippen LogP contribution in [0.15, 0.2) is 22.9 Å². The smallest absolute Gasteiger partial charge is 0.263 e. The molecule has 0 fully saturated rings. The summed E-state index contributed by atoms with van der Waals surface area (Å²) in [5, 5.41) is 7.38. The van der Waals surface area contributed by atoms with Gasteiger partial charge < -0.3 is 15.6 Å². The van der Waals surface area contributed by atoms with Gasteiger partial charge in [-0.05, 0) is 25.5 Å². The fourth-order valence-electron chi connectivity index (χ4n) is 2.22. The summed E-state index contributed by atoms with van der Waals surface area (Å²) in [6, 6.07) is 3.66. The van der Waals surface area contributed by atoms with Crippen molar-refractivity contribution in [1.82, 2.24) is 15.5 Å². The third kappa shape index (κ3) is 2.47. The molecule has 0 radical (unpaired) electrons. The summed E-state index contributed by atoms with van der Waals surface area (Å²) in [5.41, 5.74) is 9.20. The average molecular weight is 302 g/mol.